The number of carbonyl (C=O) groups is 2. The third-order valence-electron chi connectivity index (χ3n) is 8.63. The van der Waals surface area contributed by atoms with E-state index in [1.807, 2.05) is 34.1 Å². The molecule has 0 amide bonds. The first kappa shape index (κ1) is 51.9. The highest BCUT2D eigenvalue weighted by atomic mass is 31.2. The molecule has 0 spiro atoms. The van der Waals surface area contributed by atoms with E-state index < -0.39 is 32.5 Å². The van der Waals surface area contributed by atoms with Crippen LogP contribution in [0.3, 0.4) is 0 Å². The number of aliphatic hydroxyl groups excluding tert-OH is 1. The van der Waals surface area contributed by atoms with Crippen molar-refractivity contribution in [3.8, 4) is 0 Å². The number of phosphoric acid groups is 1. The minimum Gasteiger partial charge on any atom is -0.462 e. The second-order valence-corrected chi connectivity index (χ2v) is 16.8. The molecule has 0 rings (SSSR count). The quantitative estimate of drug-likeness (QED) is 0.0208. The van der Waals surface area contributed by atoms with Gasteiger partial charge in [-0.1, -0.05) is 126 Å². The van der Waals surface area contributed by atoms with Gasteiger partial charge >= 0.3 is 19.8 Å². The summed E-state index contributed by atoms with van der Waals surface area (Å²) >= 11 is 0. The minimum atomic E-state index is -4.39. The molecule has 0 aromatic heterocycles. The second-order valence-electron chi connectivity index (χ2n) is 15.3. The number of hydrogen-bond acceptors (Lipinski definition) is 8. The fourth-order valence-corrected chi connectivity index (χ4v) is 6.06. The van der Waals surface area contributed by atoms with Crippen molar-refractivity contribution < 1.29 is 47.2 Å². The molecule has 0 bridgehead atoms. The number of allylic oxidation sites excluding steroid dienone is 8. The van der Waals surface area contributed by atoms with Gasteiger partial charge in [0.1, 0.15) is 19.8 Å². The predicted molar refractivity (Wildman–Crippen MR) is 221 cm³/mol. The second kappa shape index (κ2) is 35.4. The summed E-state index contributed by atoms with van der Waals surface area (Å²) < 4.78 is 34.1. The molecule has 0 radical (unpaired) electrons. The molecule has 0 aliphatic carbocycles. The molecular weight excluding hydrogens is 705 g/mol. The van der Waals surface area contributed by atoms with Crippen molar-refractivity contribution in [3.05, 3.63) is 48.6 Å². The number of rotatable bonds is 37. The molecule has 314 valence electrons. The van der Waals surface area contributed by atoms with Crippen molar-refractivity contribution >= 4 is 19.8 Å². The van der Waals surface area contributed by atoms with Gasteiger partial charge in [-0.15, -0.1) is 0 Å². The van der Waals surface area contributed by atoms with Crippen LogP contribution in [0.1, 0.15) is 155 Å². The number of unbranched alkanes of at least 4 members (excludes halogenated alkanes) is 13. The fourth-order valence-electron chi connectivity index (χ4n) is 5.32. The van der Waals surface area contributed by atoms with Crippen molar-refractivity contribution in [2.45, 2.75) is 167 Å². The Morgan fingerprint density at radius 1 is 0.648 bits per heavy atom. The number of quaternary nitrogens is 1. The molecule has 1 unspecified atom stereocenters. The Labute approximate surface area is 329 Å². The first-order chi connectivity index (χ1) is 25.8. The third kappa shape index (κ3) is 39.6. The van der Waals surface area contributed by atoms with Crippen LogP contribution in [0.15, 0.2) is 48.6 Å². The van der Waals surface area contributed by atoms with Crippen molar-refractivity contribution in [1.29, 1.82) is 0 Å². The molecule has 3 atom stereocenters. The highest BCUT2D eigenvalue weighted by Crippen LogP contribution is 2.43. The van der Waals surface area contributed by atoms with Crippen LogP contribution >= 0.6 is 7.82 Å². The number of ether oxygens (including phenoxy) is 2. The summed E-state index contributed by atoms with van der Waals surface area (Å²) in [6.45, 7) is 3.88. The normalized spacial score (nSPS) is 14.7. The van der Waals surface area contributed by atoms with Crippen LogP contribution in [0.4, 0.5) is 0 Å². The number of likely N-dealkylation sites (N-methyl/N-ethyl adjacent to an activating group) is 1. The van der Waals surface area contributed by atoms with E-state index in [1.165, 1.54) is 51.4 Å². The number of aliphatic hydroxyl groups is 1. The van der Waals surface area contributed by atoms with E-state index in [9.17, 15) is 24.2 Å². The van der Waals surface area contributed by atoms with Crippen molar-refractivity contribution in [2.75, 3.05) is 47.5 Å². The average molecular weight is 785 g/mol. The Morgan fingerprint density at radius 3 is 1.65 bits per heavy atom. The molecule has 2 N–H and O–H groups in total. The van der Waals surface area contributed by atoms with Crippen LogP contribution in [0.25, 0.3) is 0 Å². The van der Waals surface area contributed by atoms with Gasteiger partial charge in [0.2, 0.25) is 0 Å². The van der Waals surface area contributed by atoms with Gasteiger partial charge < -0.3 is 24.0 Å². The van der Waals surface area contributed by atoms with E-state index in [1.54, 1.807) is 0 Å². The van der Waals surface area contributed by atoms with Crippen LogP contribution in [0, 0.1) is 0 Å². The van der Waals surface area contributed by atoms with Gasteiger partial charge in [0.15, 0.2) is 6.10 Å². The first-order valence-electron chi connectivity index (χ1n) is 20.9. The Hall–Kier alpha value is -2.07. The molecule has 0 aliphatic heterocycles. The lowest BCUT2D eigenvalue weighted by Gasteiger charge is -2.24. The molecule has 11 heteroatoms. The lowest BCUT2D eigenvalue weighted by Crippen LogP contribution is -2.37. The maximum absolute atomic E-state index is 12.6. The zero-order valence-corrected chi connectivity index (χ0v) is 35.7. The number of hydrogen-bond donors (Lipinski definition) is 2. The average Bonchev–Trinajstić information content (AvgIpc) is 3.10. The smallest absolute Gasteiger partial charge is 0.462 e. The third-order valence-corrected chi connectivity index (χ3v) is 9.61. The summed E-state index contributed by atoms with van der Waals surface area (Å²) in [4.78, 5) is 35.2. The number of carbonyl (C=O) groups excluding carboxylic acids is 2. The topological polar surface area (TPSA) is 129 Å². The zero-order chi connectivity index (χ0) is 40.2. The van der Waals surface area contributed by atoms with Gasteiger partial charge in [-0.3, -0.25) is 18.6 Å². The molecule has 0 saturated heterocycles. The molecule has 0 aromatic carbocycles. The van der Waals surface area contributed by atoms with Crippen molar-refractivity contribution in [2.24, 2.45) is 0 Å². The van der Waals surface area contributed by atoms with Gasteiger partial charge in [0.25, 0.3) is 0 Å². The Morgan fingerprint density at radius 2 is 1.13 bits per heavy atom. The lowest BCUT2D eigenvalue weighted by atomic mass is 10.0. The predicted octanol–water partition coefficient (Wildman–Crippen LogP) is 10.5. The van der Waals surface area contributed by atoms with E-state index in [0.29, 0.717) is 23.9 Å². The van der Waals surface area contributed by atoms with E-state index in [-0.39, 0.29) is 32.2 Å². The highest BCUT2D eigenvalue weighted by molar-refractivity contribution is 7.47. The summed E-state index contributed by atoms with van der Waals surface area (Å²) in [5, 5.41) is 9.27. The number of nitrogens with zero attached hydrogens (tertiary/aromatic N) is 1. The molecule has 0 heterocycles. The summed E-state index contributed by atoms with van der Waals surface area (Å²) in [7, 11) is 1.43. The Balaban J connectivity index is 4.47. The van der Waals surface area contributed by atoms with E-state index in [0.717, 1.165) is 64.2 Å². The van der Waals surface area contributed by atoms with E-state index in [4.69, 9.17) is 18.5 Å². The maximum atomic E-state index is 12.6. The lowest BCUT2D eigenvalue weighted by molar-refractivity contribution is -0.870. The van der Waals surface area contributed by atoms with Crippen LogP contribution in [0.2, 0.25) is 0 Å². The van der Waals surface area contributed by atoms with Crippen LogP contribution in [-0.2, 0) is 32.7 Å². The molecule has 0 aliphatic rings. The summed E-state index contributed by atoms with van der Waals surface area (Å²) in [5.41, 5.74) is 0. The summed E-state index contributed by atoms with van der Waals surface area (Å²) in [5.74, 6) is -0.883. The van der Waals surface area contributed by atoms with Gasteiger partial charge in [0, 0.05) is 12.8 Å². The molecule has 10 nitrogen and oxygen atoms in total. The molecule has 0 fully saturated rings. The minimum absolute atomic E-state index is 0.0174. The van der Waals surface area contributed by atoms with E-state index >= 15 is 0 Å². The van der Waals surface area contributed by atoms with Gasteiger partial charge in [-0.05, 0) is 64.7 Å². The monoisotopic (exact) mass is 785 g/mol. The van der Waals surface area contributed by atoms with Gasteiger partial charge in [-0.25, -0.2) is 4.57 Å². The van der Waals surface area contributed by atoms with Gasteiger partial charge in [0.05, 0.1) is 33.9 Å². The van der Waals surface area contributed by atoms with Gasteiger partial charge in [-0.2, -0.15) is 0 Å². The van der Waals surface area contributed by atoms with Crippen molar-refractivity contribution in [1.82, 2.24) is 0 Å². The first-order valence-corrected chi connectivity index (χ1v) is 22.4. The van der Waals surface area contributed by atoms with E-state index in [2.05, 4.69) is 49.5 Å². The van der Waals surface area contributed by atoms with Crippen LogP contribution in [-0.4, -0.2) is 86.1 Å². The molecule has 0 saturated carbocycles. The standard InChI is InChI=1S/C43H78NO9P/c1-6-7-8-9-10-11-12-19-23-26-29-32-35-43(47)53-41(39-52-54(48,49)51-37-36-44(3,4)5)38-50-42(46)34-31-28-25-22-20-17-15-13-14-16-18-21-24-27-30-33-40(2)45/h14-17,21-22,24-25,40-41,45H,6-13,18-20,23,26-39H2,1-5H3/p+1/b16-14-,17-15-,24-21-,25-22-/t40-,41-/m1/s1. The Bertz CT molecular complexity index is 1080. The molecule has 0 aromatic rings. The Kier molecular flexibility index (Phi) is 34.0. The van der Waals surface area contributed by atoms with Crippen LogP contribution < -0.4 is 0 Å². The summed E-state index contributed by atoms with van der Waals surface area (Å²) in [6, 6.07) is 0. The van der Waals surface area contributed by atoms with Crippen molar-refractivity contribution in [3.63, 3.8) is 0 Å². The highest BCUT2D eigenvalue weighted by Gasteiger charge is 2.27. The fraction of sp³-hybridized carbons (Fsp3) is 0.767. The van der Waals surface area contributed by atoms with Crippen LogP contribution in [0.5, 0.6) is 0 Å². The number of phosphoric ester groups is 1. The largest absolute Gasteiger partial charge is 0.472 e. The zero-order valence-electron chi connectivity index (χ0n) is 34.8. The SMILES string of the molecule is CCCCCCCCCCCCCCC(=O)O[C@H](COC(=O)CCC/C=C\C/C=C\C/C=C\C/C=C\CCC[C@@H](C)O)COP(=O)(O)OCC[N+](C)(C)C. The molecule has 54 heavy (non-hydrogen) atoms. The number of esters is 2. The molecular formula is C43H79NO9P+. The maximum Gasteiger partial charge on any atom is 0.472 e. The summed E-state index contributed by atoms with van der Waals surface area (Å²) in [6.07, 6.45) is 37.2.